The molecule has 5 nitrogen and oxygen atoms in total. The predicted molar refractivity (Wildman–Crippen MR) is 93.9 cm³/mol. The molecule has 8 heteroatoms. The number of amidine groups is 1. The molecule has 0 saturated carbocycles. The van der Waals surface area contributed by atoms with Gasteiger partial charge < -0.3 is 11.1 Å². The fourth-order valence-corrected chi connectivity index (χ4v) is 2.37. The number of amides is 1. The van der Waals surface area contributed by atoms with Gasteiger partial charge in [0.2, 0.25) is 0 Å². The summed E-state index contributed by atoms with van der Waals surface area (Å²) in [5.41, 5.74) is 6.33. The molecule has 0 radical (unpaired) electrons. The van der Waals surface area contributed by atoms with Crippen LogP contribution in [0.4, 0.5) is 18.9 Å². The number of aromatic nitrogens is 1. The predicted octanol–water partition coefficient (Wildman–Crippen LogP) is 3.12. The highest BCUT2D eigenvalue weighted by Gasteiger charge is 2.15. The summed E-state index contributed by atoms with van der Waals surface area (Å²) >= 11 is 0. The van der Waals surface area contributed by atoms with Gasteiger partial charge in [0.15, 0.2) is 0 Å². The Bertz CT molecular complexity index is 794. The van der Waals surface area contributed by atoms with E-state index in [0.717, 1.165) is 12.3 Å². The molecule has 3 N–H and O–H groups in total. The minimum absolute atomic E-state index is 0.0294. The average Bonchev–Trinajstić information content (AvgIpc) is 2.64. The zero-order valence-electron chi connectivity index (χ0n) is 14.2. The quantitative estimate of drug-likeness (QED) is 0.585. The molecule has 0 spiro atoms. The number of hydrogen-bond donors (Lipinski definition) is 2. The number of alkyl halides is 1. The van der Waals surface area contributed by atoms with Crippen LogP contribution in [-0.4, -0.2) is 30.4 Å². The lowest BCUT2D eigenvalue weighted by Crippen LogP contribution is -2.26. The van der Waals surface area contributed by atoms with Crippen LogP contribution >= 0.6 is 0 Å². The molecule has 1 amide bonds. The Hall–Kier alpha value is -2.90. The molecule has 138 valence electrons. The van der Waals surface area contributed by atoms with E-state index in [2.05, 4.69) is 15.3 Å². The molecule has 0 bridgehead atoms. The molecule has 2 rings (SSSR count). The van der Waals surface area contributed by atoms with Gasteiger partial charge in [-0.15, -0.1) is 0 Å². The average molecular weight is 364 g/mol. The Morgan fingerprint density at radius 2 is 2.08 bits per heavy atom. The van der Waals surface area contributed by atoms with E-state index in [0.29, 0.717) is 11.3 Å². The van der Waals surface area contributed by atoms with Gasteiger partial charge in [0.05, 0.1) is 18.7 Å². The van der Waals surface area contributed by atoms with Gasteiger partial charge in [-0.3, -0.25) is 14.2 Å². The lowest BCUT2D eigenvalue weighted by Gasteiger charge is -2.13. The van der Waals surface area contributed by atoms with Crippen molar-refractivity contribution in [1.29, 1.82) is 0 Å². The van der Waals surface area contributed by atoms with Crippen molar-refractivity contribution >= 4 is 17.4 Å². The highest BCUT2D eigenvalue weighted by atomic mass is 19.1. The molecule has 26 heavy (non-hydrogen) atoms. The summed E-state index contributed by atoms with van der Waals surface area (Å²) in [6.07, 6.45) is 1.45. The number of nitrogens with one attached hydrogen (secondary N) is 1. The van der Waals surface area contributed by atoms with Crippen LogP contribution in [0.3, 0.4) is 0 Å². The third kappa shape index (κ3) is 5.05. The first kappa shape index (κ1) is 19.4. The van der Waals surface area contributed by atoms with Crippen molar-refractivity contribution in [2.75, 3.05) is 19.0 Å². The van der Waals surface area contributed by atoms with Crippen molar-refractivity contribution in [3.05, 3.63) is 59.4 Å². The van der Waals surface area contributed by atoms with E-state index >= 15 is 0 Å². The Labute approximate surface area is 149 Å². The fraction of sp³-hybridized carbons (Fsp3) is 0.278. The van der Waals surface area contributed by atoms with Crippen molar-refractivity contribution in [2.45, 2.75) is 12.8 Å². The van der Waals surface area contributed by atoms with E-state index < -0.39 is 30.1 Å². The van der Waals surface area contributed by atoms with Crippen LogP contribution in [0.25, 0.3) is 0 Å². The number of halogens is 3. The van der Waals surface area contributed by atoms with Crippen molar-refractivity contribution in [2.24, 2.45) is 16.6 Å². The SMILES string of the molecule is CN=C(N)C(CF)CCc1cc(NC(=O)c2ccc(F)cn2)ccc1F. The van der Waals surface area contributed by atoms with E-state index in [1.165, 1.54) is 31.3 Å². The summed E-state index contributed by atoms with van der Waals surface area (Å²) in [7, 11) is 1.47. The molecular weight excluding hydrogens is 345 g/mol. The first-order valence-corrected chi connectivity index (χ1v) is 7.94. The topological polar surface area (TPSA) is 80.4 Å². The number of aryl methyl sites for hydroxylation is 1. The van der Waals surface area contributed by atoms with Crippen molar-refractivity contribution < 1.29 is 18.0 Å². The Morgan fingerprint density at radius 3 is 2.69 bits per heavy atom. The monoisotopic (exact) mass is 364 g/mol. The van der Waals surface area contributed by atoms with Gasteiger partial charge in [-0.1, -0.05) is 0 Å². The van der Waals surface area contributed by atoms with Gasteiger partial charge >= 0.3 is 0 Å². The second-order valence-corrected chi connectivity index (χ2v) is 5.66. The third-order valence-corrected chi connectivity index (χ3v) is 3.89. The lowest BCUT2D eigenvalue weighted by atomic mass is 9.99. The molecule has 1 aromatic carbocycles. The summed E-state index contributed by atoms with van der Waals surface area (Å²) in [5, 5.41) is 2.57. The highest BCUT2D eigenvalue weighted by molar-refractivity contribution is 6.02. The number of benzene rings is 1. The Kier molecular flexibility index (Phi) is 6.71. The molecule has 1 atom stereocenters. The molecule has 0 aliphatic heterocycles. The second kappa shape index (κ2) is 8.98. The van der Waals surface area contributed by atoms with Crippen LogP contribution in [0.5, 0.6) is 0 Å². The summed E-state index contributed by atoms with van der Waals surface area (Å²) in [4.78, 5) is 19.5. The van der Waals surface area contributed by atoms with Gasteiger partial charge in [0.1, 0.15) is 17.3 Å². The highest BCUT2D eigenvalue weighted by Crippen LogP contribution is 2.19. The van der Waals surface area contributed by atoms with Crippen LogP contribution in [0.15, 0.2) is 41.5 Å². The molecule has 0 aliphatic carbocycles. The van der Waals surface area contributed by atoms with Crippen LogP contribution in [0.1, 0.15) is 22.5 Å². The molecule has 1 aromatic heterocycles. The maximum atomic E-state index is 14.0. The number of aliphatic imine (C=N–C) groups is 1. The molecule has 0 aliphatic rings. The van der Waals surface area contributed by atoms with Crippen LogP contribution in [0, 0.1) is 17.6 Å². The van der Waals surface area contributed by atoms with Gasteiger partial charge in [-0.2, -0.15) is 0 Å². The van der Waals surface area contributed by atoms with Gasteiger partial charge in [0.25, 0.3) is 5.91 Å². The minimum Gasteiger partial charge on any atom is -0.387 e. The number of hydrogen-bond acceptors (Lipinski definition) is 3. The van der Waals surface area contributed by atoms with Crippen molar-refractivity contribution in [3.8, 4) is 0 Å². The molecule has 2 aromatic rings. The van der Waals surface area contributed by atoms with E-state index in [-0.39, 0.29) is 24.4 Å². The zero-order chi connectivity index (χ0) is 19.1. The van der Waals surface area contributed by atoms with Crippen LogP contribution in [-0.2, 0) is 6.42 Å². The van der Waals surface area contributed by atoms with Crippen LogP contribution < -0.4 is 11.1 Å². The Balaban J connectivity index is 2.08. The van der Waals surface area contributed by atoms with E-state index in [1.54, 1.807) is 0 Å². The van der Waals surface area contributed by atoms with E-state index in [4.69, 9.17) is 5.73 Å². The first-order chi connectivity index (χ1) is 12.4. The first-order valence-electron chi connectivity index (χ1n) is 7.94. The van der Waals surface area contributed by atoms with Crippen LogP contribution in [0.2, 0.25) is 0 Å². The van der Waals surface area contributed by atoms with Gasteiger partial charge in [-0.05, 0) is 48.7 Å². The summed E-state index contributed by atoms with van der Waals surface area (Å²) in [5.74, 6) is -1.97. The number of carbonyl (C=O) groups is 1. The van der Waals surface area contributed by atoms with E-state index in [9.17, 15) is 18.0 Å². The van der Waals surface area contributed by atoms with E-state index in [1.807, 2.05) is 0 Å². The maximum Gasteiger partial charge on any atom is 0.274 e. The summed E-state index contributed by atoms with van der Waals surface area (Å²) < 4.78 is 39.9. The normalized spacial score (nSPS) is 12.7. The number of pyridine rings is 1. The number of nitrogens with zero attached hydrogens (tertiary/aromatic N) is 2. The minimum atomic E-state index is -0.683. The van der Waals surface area contributed by atoms with Crippen molar-refractivity contribution in [1.82, 2.24) is 4.98 Å². The van der Waals surface area contributed by atoms with Gasteiger partial charge in [0, 0.05) is 18.7 Å². The maximum absolute atomic E-state index is 14.0. The van der Waals surface area contributed by atoms with Gasteiger partial charge in [-0.25, -0.2) is 13.8 Å². The molecule has 1 unspecified atom stereocenters. The molecule has 0 fully saturated rings. The molecular formula is C18H19F3N4O. The lowest BCUT2D eigenvalue weighted by molar-refractivity contribution is 0.102. The van der Waals surface area contributed by atoms with Crippen molar-refractivity contribution in [3.63, 3.8) is 0 Å². The summed E-state index contributed by atoms with van der Waals surface area (Å²) in [6.45, 7) is -0.683. The zero-order valence-corrected chi connectivity index (χ0v) is 14.2. The summed E-state index contributed by atoms with van der Waals surface area (Å²) in [6, 6.07) is 6.44. The fourth-order valence-electron chi connectivity index (χ4n) is 2.37. The third-order valence-electron chi connectivity index (χ3n) is 3.89. The second-order valence-electron chi connectivity index (χ2n) is 5.66. The number of anilines is 1. The number of carbonyl (C=O) groups excluding carboxylic acids is 1. The molecule has 0 saturated heterocycles. The molecule has 1 heterocycles. The standard InChI is InChI=1S/C18H19F3N4O/c1-23-17(22)12(9-19)3-2-11-8-14(5-6-15(11)21)25-18(26)16-7-4-13(20)10-24-16/h4-8,10,12H,2-3,9H2,1H3,(H2,22,23)(H,25,26). The smallest absolute Gasteiger partial charge is 0.274 e. The number of nitrogens with two attached hydrogens (primary N) is 1. The number of rotatable bonds is 7. The largest absolute Gasteiger partial charge is 0.387 e. The Morgan fingerprint density at radius 1 is 1.31 bits per heavy atom.